The SMILES string of the molecule is COCCNCCOC.COCCNCCOC.COCCNCCOC.COCCNCCOC.O=C(Cc1ccccc1)OC(=O)C(=O)OC(=O)Cc1ccccc1. The van der Waals surface area contributed by atoms with Gasteiger partial charge in [-0.25, -0.2) is 9.59 Å². The number of hydrogen-bond acceptors (Lipinski definition) is 18. The molecule has 346 valence electrons. The zero-order valence-corrected chi connectivity index (χ0v) is 37.2. The third-order valence-electron chi connectivity index (χ3n) is 6.83. The van der Waals surface area contributed by atoms with Crippen LogP contribution in [0.4, 0.5) is 0 Å². The predicted octanol–water partition coefficient (Wildman–Crippen LogP) is 1.09. The van der Waals surface area contributed by atoms with E-state index in [2.05, 4.69) is 30.7 Å². The molecule has 18 nitrogen and oxygen atoms in total. The van der Waals surface area contributed by atoms with Gasteiger partial charge in [0.2, 0.25) is 0 Å². The van der Waals surface area contributed by atoms with E-state index in [-0.39, 0.29) is 12.8 Å². The van der Waals surface area contributed by atoms with Gasteiger partial charge in [0.05, 0.1) is 65.7 Å². The first-order valence-corrected chi connectivity index (χ1v) is 19.5. The van der Waals surface area contributed by atoms with E-state index in [1.54, 1.807) is 118 Å². The summed E-state index contributed by atoms with van der Waals surface area (Å²) < 4.78 is 47.3. The third kappa shape index (κ3) is 48.6. The molecule has 4 N–H and O–H groups in total. The topological polar surface area (TPSA) is 209 Å². The Bertz CT molecular complexity index is 1070. The van der Waals surface area contributed by atoms with Gasteiger partial charge in [-0.2, -0.15) is 0 Å². The first-order valence-electron chi connectivity index (χ1n) is 19.5. The van der Waals surface area contributed by atoms with Gasteiger partial charge in [-0.3, -0.25) is 9.59 Å². The smallest absolute Gasteiger partial charge is 0.384 e. The van der Waals surface area contributed by atoms with Crippen LogP contribution < -0.4 is 21.3 Å². The van der Waals surface area contributed by atoms with Crippen LogP contribution in [0.2, 0.25) is 0 Å². The second-order valence-electron chi connectivity index (χ2n) is 11.8. The van der Waals surface area contributed by atoms with E-state index in [9.17, 15) is 19.2 Å². The summed E-state index contributed by atoms with van der Waals surface area (Å²) in [7, 11) is 13.5. The van der Waals surface area contributed by atoms with Gasteiger partial charge in [-0.15, -0.1) is 0 Å². The van der Waals surface area contributed by atoms with Crippen molar-refractivity contribution in [2.45, 2.75) is 12.8 Å². The average Bonchev–Trinajstić information content (AvgIpc) is 3.25. The molecule has 0 aliphatic rings. The van der Waals surface area contributed by atoms with Crippen LogP contribution in [0.25, 0.3) is 0 Å². The number of esters is 4. The van der Waals surface area contributed by atoms with Crippen LogP contribution in [0.5, 0.6) is 0 Å². The molecule has 0 aliphatic carbocycles. The lowest BCUT2D eigenvalue weighted by molar-refractivity contribution is -0.177. The van der Waals surface area contributed by atoms with Gasteiger partial charge in [0.1, 0.15) is 0 Å². The second-order valence-corrected chi connectivity index (χ2v) is 11.8. The van der Waals surface area contributed by atoms with Crippen molar-refractivity contribution in [3.63, 3.8) is 0 Å². The van der Waals surface area contributed by atoms with E-state index in [4.69, 9.17) is 37.9 Å². The first kappa shape index (κ1) is 60.5. The molecule has 0 amide bonds. The minimum atomic E-state index is -1.52. The molecule has 0 aromatic heterocycles. The minimum absolute atomic E-state index is 0.169. The zero-order valence-electron chi connectivity index (χ0n) is 37.2. The minimum Gasteiger partial charge on any atom is -0.384 e. The summed E-state index contributed by atoms with van der Waals surface area (Å²) in [5, 5.41) is 12.5. The van der Waals surface area contributed by atoms with E-state index in [0.29, 0.717) is 11.1 Å². The summed E-state index contributed by atoms with van der Waals surface area (Å²) >= 11 is 0. The molecule has 0 fully saturated rings. The molecule has 18 heteroatoms. The summed E-state index contributed by atoms with van der Waals surface area (Å²) in [5.41, 5.74) is 1.26. The monoisotopic (exact) mass is 859 g/mol. The number of carbonyl (C=O) groups excluding carboxylic acids is 4. The highest BCUT2D eigenvalue weighted by Gasteiger charge is 2.24. The number of benzene rings is 2. The molecule has 0 saturated heterocycles. The number of ether oxygens (including phenoxy) is 10. The lowest BCUT2D eigenvalue weighted by Crippen LogP contribution is -2.27. The normalized spacial score (nSPS) is 9.93. The Morgan fingerprint density at radius 1 is 0.350 bits per heavy atom. The van der Waals surface area contributed by atoms with Gasteiger partial charge < -0.3 is 68.6 Å². The van der Waals surface area contributed by atoms with Crippen molar-refractivity contribution >= 4 is 23.9 Å². The molecule has 2 aromatic carbocycles. The summed E-state index contributed by atoms with van der Waals surface area (Å²) in [6, 6.07) is 17.1. The molecular formula is C42H74N4O14. The standard InChI is InChI=1S/C18H14O6.4C6H15NO2/c19-15(11-13-7-3-1-4-8-13)23-17(21)18(22)24-16(20)12-14-9-5-2-6-10-14;4*1-8-5-3-7-4-6-9-2/h1-10H,11-12H2;4*7H,3-6H2,1-2H3. The highest BCUT2D eigenvalue weighted by molar-refractivity contribution is 6.33. The van der Waals surface area contributed by atoms with Crippen LogP contribution in [0.15, 0.2) is 60.7 Å². The van der Waals surface area contributed by atoms with E-state index in [1.807, 2.05) is 0 Å². The predicted molar refractivity (Wildman–Crippen MR) is 229 cm³/mol. The van der Waals surface area contributed by atoms with E-state index in [0.717, 1.165) is 105 Å². The summed E-state index contributed by atoms with van der Waals surface area (Å²) in [6.45, 7) is 13.4. The van der Waals surface area contributed by atoms with Crippen LogP contribution in [0.3, 0.4) is 0 Å². The first-order chi connectivity index (χ1) is 29.2. The quantitative estimate of drug-likeness (QED) is 0.0409. The Kier molecular flexibility index (Phi) is 51.8. The molecule has 0 radical (unpaired) electrons. The molecule has 0 heterocycles. The van der Waals surface area contributed by atoms with Crippen LogP contribution in [0, 0.1) is 0 Å². The Morgan fingerprint density at radius 3 is 0.733 bits per heavy atom. The summed E-state index contributed by atoms with van der Waals surface area (Å²) in [4.78, 5) is 46.1. The van der Waals surface area contributed by atoms with E-state index in [1.165, 1.54) is 0 Å². The maximum atomic E-state index is 11.6. The Labute approximate surface area is 357 Å². The van der Waals surface area contributed by atoms with Crippen molar-refractivity contribution in [3.8, 4) is 0 Å². The van der Waals surface area contributed by atoms with Crippen molar-refractivity contribution in [2.24, 2.45) is 0 Å². The maximum absolute atomic E-state index is 11.6. The molecule has 2 aromatic rings. The van der Waals surface area contributed by atoms with Gasteiger partial charge in [-0.05, 0) is 11.1 Å². The van der Waals surface area contributed by atoms with Crippen molar-refractivity contribution in [1.29, 1.82) is 0 Å². The number of nitrogens with one attached hydrogen (secondary N) is 4. The largest absolute Gasteiger partial charge is 0.425 e. The Balaban J connectivity index is -0.000000753. The number of rotatable bonds is 28. The van der Waals surface area contributed by atoms with Crippen LogP contribution >= 0.6 is 0 Å². The number of hydrogen-bond donors (Lipinski definition) is 4. The van der Waals surface area contributed by atoms with Gasteiger partial charge in [0.15, 0.2) is 0 Å². The summed E-state index contributed by atoms with van der Waals surface area (Å²) in [5.74, 6) is -4.84. The van der Waals surface area contributed by atoms with Crippen LogP contribution in [-0.4, -0.2) is 186 Å². The van der Waals surface area contributed by atoms with E-state index >= 15 is 0 Å². The third-order valence-corrected chi connectivity index (χ3v) is 6.83. The van der Waals surface area contributed by atoms with Gasteiger partial charge in [-0.1, -0.05) is 60.7 Å². The maximum Gasteiger partial charge on any atom is 0.425 e. The lowest BCUT2D eigenvalue weighted by atomic mass is 10.2. The lowest BCUT2D eigenvalue weighted by Gasteiger charge is -2.04. The molecule has 0 unspecified atom stereocenters. The van der Waals surface area contributed by atoms with Crippen molar-refractivity contribution < 1.29 is 66.5 Å². The van der Waals surface area contributed by atoms with Crippen LogP contribution in [-0.2, 0) is 79.4 Å². The van der Waals surface area contributed by atoms with Gasteiger partial charge in [0.25, 0.3) is 0 Å². The van der Waals surface area contributed by atoms with E-state index < -0.39 is 23.9 Å². The molecule has 0 aliphatic heterocycles. The summed E-state index contributed by atoms with van der Waals surface area (Å²) in [6.07, 6.45) is -0.338. The Morgan fingerprint density at radius 2 is 0.550 bits per heavy atom. The van der Waals surface area contributed by atoms with Crippen molar-refractivity contribution in [1.82, 2.24) is 21.3 Å². The van der Waals surface area contributed by atoms with Gasteiger partial charge in [0, 0.05) is 109 Å². The number of methoxy groups -OCH3 is 8. The molecule has 0 bridgehead atoms. The fourth-order valence-electron chi connectivity index (χ4n) is 3.78. The second kappa shape index (κ2) is 51.4. The Hall–Kier alpha value is -3.76. The molecule has 0 saturated carbocycles. The fourth-order valence-corrected chi connectivity index (χ4v) is 3.78. The molecule has 60 heavy (non-hydrogen) atoms. The number of carbonyl (C=O) groups is 4. The molecule has 2 rings (SSSR count). The zero-order chi connectivity index (χ0) is 45.2. The highest BCUT2D eigenvalue weighted by Crippen LogP contribution is 2.03. The molecular weight excluding hydrogens is 784 g/mol. The fraction of sp³-hybridized carbons (Fsp3) is 0.619. The average molecular weight is 859 g/mol. The molecule has 0 atom stereocenters. The van der Waals surface area contributed by atoms with Crippen molar-refractivity contribution in [2.75, 3.05) is 162 Å². The van der Waals surface area contributed by atoms with Crippen molar-refractivity contribution in [3.05, 3.63) is 71.8 Å². The van der Waals surface area contributed by atoms with Gasteiger partial charge >= 0.3 is 23.9 Å². The van der Waals surface area contributed by atoms with Crippen LogP contribution in [0.1, 0.15) is 11.1 Å². The highest BCUT2D eigenvalue weighted by atomic mass is 16.6. The molecule has 0 spiro atoms.